The van der Waals surface area contributed by atoms with Crippen LogP contribution in [0.15, 0.2) is 12.2 Å². The maximum atomic E-state index is 11.9. The first kappa shape index (κ1) is 24.1. The van der Waals surface area contributed by atoms with Gasteiger partial charge in [0, 0.05) is 42.5 Å². The number of rotatable bonds is 12. The highest BCUT2D eigenvalue weighted by Gasteiger charge is 2.42. The van der Waals surface area contributed by atoms with Crippen LogP contribution in [0.2, 0.25) is 0 Å². The van der Waals surface area contributed by atoms with Crippen molar-refractivity contribution < 1.29 is 24.0 Å². The molecule has 10 nitrogen and oxygen atoms in total. The molecule has 3 aliphatic rings. The highest BCUT2D eigenvalue weighted by Crippen LogP contribution is 2.33. The number of carbonyl (C=O) groups excluding carboxylic acids is 5. The fourth-order valence-electron chi connectivity index (χ4n) is 4.10. The van der Waals surface area contributed by atoms with Crippen LogP contribution in [0.1, 0.15) is 57.8 Å². The minimum Gasteiger partial charge on any atom is -0.332 e. The Kier molecular flexibility index (Phi) is 8.95. The van der Waals surface area contributed by atoms with Crippen molar-refractivity contribution in [2.45, 2.75) is 75.1 Å². The van der Waals surface area contributed by atoms with Crippen molar-refractivity contribution >= 4 is 41.4 Å². The van der Waals surface area contributed by atoms with Crippen LogP contribution in [0.5, 0.6) is 0 Å². The number of unbranched alkanes of at least 4 members (excludes halogenated alkanes) is 4. The average Bonchev–Trinajstić information content (AvgIpc) is 3.41. The van der Waals surface area contributed by atoms with E-state index in [2.05, 4.69) is 21.5 Å². The minimum atomic E-state index is -0.291. The molecule has 32 heavy (non-hydrogen) atoms. The van der Waals surface area contributed by atoms with Crippen molar-refractivity contribution in [3.8, 4) is 0 Å². The van der Waals surface area contributed by atoms with Gasteiger partial charge in [0.1, 0.15) is 0 Å². The van der Waals surface area contributed by atoms with Crippen LogP contribution in [0.4, 0.5) is 4.79 Å². The predicted octanol–water partition coefficient (Wildman–Crippen LogP) is 0.735. The molecule has 3 aliphatic heterocycles. The summed E-state index contributed by atoms with van der Waals surface area (Å²) in [6.07, 6.45) is 8.80. The number of carbonyl (C=O) groups is 5. The van der Waals surface area contributed by atoms with Gasteiger partial charge in [0.05, 0.1) is 12.1 Å². The minimum absolute atomic E-state index is 0.0726. The van der Waals surface area contributed by atoms with E-state index >= 15 is 0 Å². The Labute approximate surface area is 191 Å². The Morgan fingerprint density at radius 1 is 0.906 bits per heavy atom. The second-order valence-corrected chi connectivity index (χ2v) is 9.56. The normalized spacial score (nSPS) is 23.8. The van der Waals surface area contributed by atoms with Gasteiger partial charge in [-0.2, -0.15) is 11.8 Å². The lowest BCUT2D eigenvalue weighted by Crippen LogP contribution is -2.41. The van der Waals surface area contributed by atoms with Crippen molar-refractivity contribution in [3.05, 3.63) is 12.2 Å². The van der Waals surface area contributed by atoms with Crippen LogP contribution in [-0.4, -0.2) is 64.2 Å². The van der Waals surface area contributed by atoms with E-state index < -0.39 is 0 Å². The van der Waals surface area contributed by atoms with Gasteiger partial charge in [0.2, 0.25) is 11.8 Å². The largest absolute Gasteiger partial charge is 0.332 e. The van der Waals surface area contributed by atoms with Gasteiger partial charge >= 0.3 is 6.03 Å². The van der Waals surface area contributed by atoms with Crippen LogP contribution in [0.25, 0.3) is 0 Å². The summed E-state index contributed by atoms with van der Waals surface area (Å²) in [7, 11) is 0. The number of urea groups is 1. The van der Waals surface area contributed by atoms with Gasteiger partial charge in [-0.15, -0.1) is 0 Å². The summed E-state index contributed by atoms with van der Waals surface area (Å²) >= 11 is 1.89. The van der Waals surface area contributed by atoms with E-state index in [9.17, 15) is 24.0 Å². The van der Waals surface area contributed by atoms with Crippen molar-refractivity contribution in [2.75, 3.05) is 12.3 Å². The molecular weight excluding hydrogens is 434 g/mol. The number of fused-ring (bicyclic) bond motifs is 1. The van der Waals surface area contributed by atoms with Crippen molar-refractivity contribution in [1.29, 1.82) is 0 Å². The van der Waals surface area contributed by atoms with Crippen LogP contribution >= 0.6 is 11.8 Å². The van der Waals surface area contributed by atoms with Gasteiger partial charge in [-0.25, -0.2) is 4.79 Å². The standard InChI is InChI=1S/C21H31N5O5S/c27-16(8-4-1-3-7-15-20-14(13-32-15)22-21(31)23-20)24-25-17(28)9-5-2-6-12-26-18(29)10-11-19(26)30/h10-11,14-15,20H,1-9,12-13H2,(H,24,27)(H,25,28)(H2,22,23,31). The number of hydrogen-bond acceptors (Lipinski definition) is 6. The van der Waals surface area contributed by atoms with E-state index in [0.29, 0.717) is 37.5 Å². The molecule has 0 aromatic heterocycles. The van der Waals surface area contributed by atoms with E-state index in [1.165, 1.54) is 17.1 Å². The van der Waals surface area contributed by atoms with Crippen molar-refractivity contribution in [2.24, 2.45) is 0 Å². The lowest BCUT2D eigenvalue weighted by Gasteiger charge is -2.16. The zero-order valence-electron chi connectivity index (χ0n) is 18.1. The number of thioether (sulfide) groups is 1. The Morgan fingerprint density at radius 3 is 2.19 bits per heavy atom. The SMILES string of the molecule is O=C(CCCCCC1SCC2NC(=O)NC21)NNC(=O)CCCCCN1C(=O)C=CC1=O. The lowest BCUT2D eigenvalue weighted by atomic mass is 10.0. The second-order valence-electron chi connectivity index (χ2n) is 8.29. The second kappa shape index (κ2) is 11.9. The zero-order valence-corrected chi connectivity index (χ0v) is 18.9. The van der Waals surface area contributed by atoms with Gasteiger partial charge in [0.15, 0.2) is 0 Å². The van der Waals surface area contributed by atoms with Gasteiger partial charge in [0.25, 0.3) is 11.8 Å². The Balaban J connectivity index is 1.14. The van der Waals surface area contributed by atoms with Gasteiger partial charge < -0.3 is 10.6 Å². The molecule has 0 aliphatic carbocycles. The fraction of sp³-hybridized carbons (Fsp3) is 0.667. The third-order valence-corrected chi connectivity index (χ3v) is 7.37. The quantitative estimate of drug-likeness (QED) is 0.145. The fourth-order valence-corrected chi connectivity index (χ4v) is 5.64. The molecule has 0 aromatic carbocycles. The van der Waals surface area contributed by atoms with Crippen molar-refractivity contribution in [3.63, 3.8) is 0 Å². The molecule has 3 unspecified atom stereocenters. The molecule has 6 amide bonds. The van der Waals surface area contributed by atoms with Gasteiger partial charge in [-0.3, -0.25) is 34.9 Å². The van der Waals surface area contributed by atoms with E-state index in [0.717, 1.165) is 31.4 Å². The lowest BCUT2D eigenvalue weighted by molar-refractivity contribution is -0.137. The van der Waals surface area contributed by atoms with Gasteiger partial charge in [-0.1, -0.05) is 19.3 Å². The molecular formula is C21H31N5O5S. The number of nitrogens with zero attached hydrogens (tertiary/aromatic N) is 1. The molecule has 11 heteroatoms. The highest BCUT2D eigenvalue weighted by molar-refractivity contribution is 8.00. The highest BCUT2D eigenvalue weighted by atomic mass is 32.2. The summed E-state index contributed by atoms with van der Waals surface area (Å²) in [5, 5.41) is 6.35. The van der Waals surface area contributed by atoms with Crippen LogP contribution < -0.4 is 21.5 Å². The Hall–Kier alpha value is -2.56. The first-order chi connectivity index (χ1) is 15.4. The van der Waals surface area contributed by atoms with Crippen molar-refractivity contribution in [1.82, 2.24) is 26.4 Å². The summed E-state index contributed by atoms with van der Waals surface area (Å²) < 4.78 is 0. The smallest absolute Gasteiger partial charge is 0.315 e. The third kappa shape index (κ3) is 6.98. The summed E-state index contributed by atoms with van der Waals surface area (Å²) in [5.74, 6) is -0.0963. The molecule has 0 radical (unpaired) electrons. The molecule has 2 fully saturated rings. The molecule has 2 saturated heterocycles. The molecule has 3 heterocycles. The van der Waals surface area contributed by atoms with E-state index in [4.69, 9.17) is 0 Å². The number of hydrazine groups is 1. The predicted molar refractivity (Wildman–Crippen MR) is 119 cm³/mol. The average molecular weight is 466 g/mol. The molecule has 3 atom stereocenters. The molecule has 0 saturated carbocycles. The molecule has 0 aromatic rings. The maximum Gasteiger partial charge on any atom is 0.315 e. The summed E-state index contributed by atoms with van der Waals surface area (Å²) in [4.78, 5) is 59.1. The maximum absolute atomic E-state index is 11.9. The number of imide groups is 1. The topological polar surface area (TPSA) is 137 Å². The Bertz CT molecular complexity index is 756. The van der Waals surface area contributed by atoms with E-state index in [-0.39, 0.29) is 48.2 Å². The molecule has 176 valence electrons. The number of hydrogen-bond donors (Lipinski definition) is 4. The van der Waals surface area contributed by atoms with Crippen LogP contribution in [-0.2, 0) is 19.2 Å². The van der Waals surface area contributed by atoms with Crippen LogP contribution in [0.3, 0.4) is 0 Å². The first-order valence-electron chi connectivity index (χ1n) is 11.2. The van der Waals surface area contributed by atoms with Gasteiger partial charge in [-0.05, 0) is 25.7 Å². The zero-order chi connectivity index (χ0) is 22.9. The summed E-state index contributed by atoms with van der Waals surface area (Å²) in [6, 6.07) is 0.382. The molecule has 4 N–H and O–H groups in total. The molecule has 0 spiro atoms. The third-order valence-electron chi connectivity index (χ3n) is 5.86. The summed E-state index contributed by atoms with van der Waals surface area (Å²) in [6.45, 7) is 0.356. The molecule has 0 bridgehead atoms. The first-order valence-corrected chi connectivity index (χ1v) is 12.3. The number of nitrogens with one attached hydrogen (secondary N) is 4. The number of amides is 6. The monoisotopic (exact) mass is 465 g/mol. The van der Waals surface area contributed by atoms with E-state index in [1.807, 2.05) is 11.8 Å². The van der Waals surface area contributed by atoms with E-state index in [1.54, 1.807) is 0 Å². The summed E-state index contributed by atoms with van der Waals surface area (Å²) in [5.41, 5.74) is 4.87. The van der Waals surface area contributed by atoms with Crippen LogP contribution in [0, 0.1) is 0 Å². The Morgan fingerprint density at radius 2 is 1.53 bits per heavy atom. The molecule has 3 rings (SSSR count).